The summed E-state index contributed by atoms with van der Waals surface area (Å²) in [5, 5.41) is 7.22. The second-order valence-electron chi connectivity index (χ2n) is 6.75. The Balaban J connectivity index is 1.34. The number of halogens is 3. The molecular weight excluding hydrogens is 371 g/mol. The van der Waals surface area contributed by atoms with E-state index in [0.717, 1.165) is 37.2 Å². The van der Waals surface area contributed by atoms with E-state index in [1.54, 1.807) is 12.1 Å². The summed E-state index contributed by atoms with van der Waals surface area (Å²) in [6.45, 7) is 2.13. The second-order valence-corrected chi connectivity index (χ2v) is 6.75. The molecule has 0 radical (unpaired) electrons. The molecule has 1 saturated heterocycles. The standard InChI is InChI=1S/C20H18F3N3O2/c21-20(22,23)16-5-1-13(2-6-16)12-27-17-7-3-15(4-8-17)19-25-18(28-26-19)9-14-10-24-11-14/h1-8,14,24H,9-12H2. The van der Waals surface area contributed by atoms with Gasteiger partial charge in [0.25, 0.3) is 0 Å². The Bertz CT molecular complexity index is 917. The van der Waals surface area contributed by atoms with Gasteiger partial charge in [0.2, 0.25) is 11.7 Å². The van der Waals surface area contributed by atoms with Gasteiger partial charge < -0.3 is 14.6 Å². The van der Waals surface area contributed by atoms with Crippen molar-refractivity contribution in [3.63, 3.8) is 0 Å². The van der Waals surface area contributed by atoms with E-state index in [4.69, 9.17) is 9.26 Å². The Kier molecular flexibility index (Phi) is 5.04. The summed E-state index contributed by atoms with van der Waals surface area (Å²) < 4.78 is 48.7. The molecule has 2 aromatic carbocycles. The van der Waals surface area contributed by atoms with Gasteiger partial charge in [-0.25, -0.2) is 0 Å². The third kappa shape index (κ3) is 4.33. The van der Waals surface area contributed by atoms with E-state index in [-0.39, 0.29) is 6.61 Å². The molecule has 5 nitrogen and oxygen atoms in total. The maximum absolute atomic E-state index is 12.6. The Morgan fingerprint density at radius 3 is 2.36 bits per heavy atom. The van der Waals surface area contributed by atoms with Gasteiger partial charge in [0.05, 0.1) is 5.56 Å². The molecule has 1 aliphatic rings. The summed E-state index contributed by atoms with van der Waals surface area (Å²) in [6, 6.07) is 12.1. The van der Waals surface area contributed by atoms with Gasteiger partial charge in [-0.2, -0.15) is 18.2 Å². The van der Waals surface area contributed by atoms with Crippen molar-refractivity contribution < 1.29 is 22.4 Å². The minimum atomic E-state index is -4.33. The number of aromatic nitrogens is 2. The molecule has 3 aromatic rings. The number of ether oxygens (including phenoxy) is 1. The van der Waals surface area contributed by atoms with Crippen molar-refractivity contribution in [2.24, 2.45) is 5.92 Å². The van der Waals surface area contributed by atoms with E-state index in [9.17, 15) is 13.2 Å². The molecule has 1 N–H and O–H groups in total. The van der Waals surface area contributed by atoms with Crippen molar-refractivity contribution >= 4 is 0 Å². The molecule has 0 bridgehead atoms. The van der Waals surface area contributed by atoms with Gasteiger partial charge in [-0.3, -0.25) is 0 Å². The van der Waals surface area contributed by atoms with Crippen molar-refractivity contribution in [3.05, 3.63) is 65.5 Å². The number of hydrogen-bond donors (Lipinski definition) is 1. The van der Waals surface area contributed by atoms with E-state index in [2.05, 4.69) is 15.5 Å². The van der Waals surface area contributed by atoms with Crippen molar-refractivity contribution in [1.29, 1.82) is 0 Å². The van der Waals surface area contributed by atoms with Crippen LogP contribution in [-0.2, 0) is 19.2 Å². The normalized spacial score (nSPS) is 14.7. The van der Waals surface area contributed by atoms with E-state index in [1.807, 2.05) is 12.1 Å². The van der Waals surface area contributed by atoms with Crippen molar-refractivity contribution in [2.75, 3.05) is 13.1 Å². The fourth-order valence-corrected chi connectivity index (χ4v) is 2.85. The molecule has 2 heterocycles. The molecule has 0 aliphatic carbocycles. The topological polar surface area (TPSA) is 60.2 Å². The monoisotopic (exact) mass is 389 g/mol. The third-order valence-corrected chi connectivity index (χ3v) is 4.60. The number of nitrogens with one attached hydrogen (secondary N) is 1. The first-order valence-corrected chi connectivity index (χ1v) is 8.90. The van der Waals surface area contributed by atoms with Gasteiger partial charge in [0.1, 0.15) is 12.4 Å². The summed E-state index contributed by atoms with van der Waals surface area (Å²) in [5.41, 5.74) is 0.794. The summed E-state index contributed by atoms with van der Waals surface area (Å²) in [7, 11) is 0. The first-order valence-electron chi connectivity index (χ1n) is 8.90. The van der Waals surface area contributed by atoms with Gasteiger partial charge in [-0.05, 0) is 61.0 Å². The molecule has 1 fully saturated rings. The van der Waals surface area contributed by atoms with Crippen molar-refractivity contribution in [1.82, 2.24) is 15.5 Å². The molecule has 1 aromatic heterocycles. The fourth-order valence-electron chi connectivity index (χ4n) is 2.85. The molecule has 8 heteroatoms. The van der Waals surface area contributed by atoms with Crippen LogP contribution in [0.4, 0.5) is 13.2 Å². The summed E-state index contributed by atoms with van der Waals surface area (Å²) >= 11 is 0. The molecule has 0 saturated carbocycles. The predicted octanol–water partition coefficient (Wildman–Crippen LogP) is 4.10. The second kappa shape index (κ2) is 7.63. The maximum atomic E-state index is 12.6. The molecule has 0 amide bonds. The van der Waals surface area contributed by atoms with Crippen LogP contribution in [0.1, 0.15) is 17.0 Å². The number of benzene rings is 2. The summed E-state index contributed by atoms with van der Waals surface area (Å²) in [4.78, 5) is 4.42. The van der Waals surface area contributed by atoms with Crippen LogP contribution in [0.3, 0.4) is 0 Å². The van der Waals surface area contributed by atoms with Crippen molar-refractivity contribution in [3.8, 4) is 17.1 Å². The lowest BCUT2D eigenvalue weighted by molar-refractivity contribution is -0.137. The molecule has 146 valence electrons. The Morgan fingerprint density at radius 1 is 1.04 bits per heavy atom. The van der Waals surface area contributed by atoms with Gasteiger partial charge >= 0.3 is 6.18 Å². The van der Waals surface area contributed by atoms with Crippen LogP contribution in [0.15, 0.2) is 53.1 Å². The van der Waals surface area contributed by atoms with E-state index in [0.29, 0.717) is 28.9 Å². The van der Waals surface area contributed by atoms with Crippen LogP contribution >= 0.6 is 0 Å². The highest BCUT2D eigenvalue weighted by Gasteiger charge is 2.29. The fraction of sp³-hybridized carbons (Fsp3) is 0.300. The smallest absolute Gasteiger partial charge is 0.416 e. The summed E-state index contributed by atoms with van der Waals surface area (Å²) in [5.74, 6) is 2.31. The molecule has 1 aliphatic heterocycles. The summed E-state index contributed by atoms with van der Waals surface area (Å²) in [6.07, 6.45) is -3.56. The van der Waals surface area contributed by atoms with E-state index >= 15 is 0 Å². The van der Waals surface area contributed by atoms with Crippen LogP contribution in [0.2, 0.25) is 0 Å². The third-order valence-electron chi connectivity index (χ3n) is 4.60. The molecule has 28 heavy (non-hydrogen) atoms. The lowest BCUT2D eigenvalue weighted by Crippen LogP contribution is -2.43. The zero-order valence-electron chi connectivity index (χ0n) is 14.9. The van der Waals surface area contributed by atoms with Crippen molar-refractivity contribution in [2.45, 2.75) is 19.2 Å². The number of rotatable bonds is 6. The number of nitrogens with zero attached hydrogens (tertiary/aromatic N) is 2. The molecular formula is C20H18F3N3O2. The maximum Gasteiger partial charge on any atom is 0.416 e. The predicted molar refractivity (Wildman–Crippen MR) is 95.6 cm³/mol. The van der Waals surface area contributed by atoms with Gasteiger partial charge in [0.15, 0.2) is 0 Å². The highest BCUT2D eigenvalue weighted by Crippen LogP contribution is 2.29. The SMILES string of the molecule is FC(F)(F)c1ccc(COc2ccc(-c3noc(CC4CNC4)n3)cc2)cc1. The molecule has 4 rings (SSSR count). The van der Waals surface area contributed by atoms with Crippen LogP contribution in [0.5, 0.6) is 5.75 Å². The minimum Gasteiger partial charge on any atom is -0.489 e. The molecule has 0 atom stereocenters. The lowest BCUT2D eigenvalue weighted by atomic mass is 10.00. The Morgan fingerprint density at radius 2 is 1.75 bits per heavy atom. The minimum absolute atomic E-state index is 0.180. The first kappa shape index (κ1) is 18.5. The van der Waals surface area contributed by atoms with Gasteiger partial charge in [-0.15, -0.1) is 0 Å². The lowest BCUT2D eigenvalue weighted by Gasteiger charge is -2.25. The van der Waals surface area contributed by atoms with Crippen LogP contribution < -0.4 is 10.1 Å². The van der Waals surface area contributed by atoms with Crippen LogP contribution in [-0.4, -0.2) is 23.2 Å². The number of hydrogen-bond acceptors (Lipinski definition) is 5. The zero-order valence-corrected chi connectivity index (χ0v) is 14.9. The van der Waals surface area contributed by atoms with E-state index < -0.39 is 11.7 Å². The quantitative estimate of drug-likeness (QED) is 0.688. The van der Waals surface area contributed by atoms with Gasteiger partial charge in [-0.1, -0.05) is 17.3 Å². The average Bonchev–Trinajstić information content (AvgIpc) is 3.12. The van der Waals surface area contributed by atoms with Crippen LogP contribution in [0, 0.1) is 5.92 Å². The first-order chi connectivity index (χ1) is 13.5. The number of alkyl halides is 3. The van der Waals surface area contributed by atoms with Crippen LogP contribution in [0.25, 0.3) is 11.4 Å². The molecule has 0 spiro atoms. The Hall–Kier alpha value is -2.87. The highest BCUT2D eigenvalue weighted by atomic mass is 19.4. The molecule has 0 unspecified atom stereocenters. The van der Waals surface area contributed by atoms with Gasteiger partial charge in [0, 0.05) is 12.0 Å². The Labute approximate surface area is 159 Å². The highest BCUT2D eigenvalue weighted by molar-refractivity contribution is 5.55. The zero-order chi connectivity index (χ0) is 19.6. The largest absolute Gasteiger partial charge is 0.489 e. The average molecular weight is 389 g/mol. The van der Waals surface area contributed by atoms with E-state index in [1.165, 1.54) is 12.1 Å².